The molecule has 0 aromatic rings. The molecule has 0 aromatic heterocycles. The molecule has 19 heavy (non-hydrogen) atoms. The molecule has 2 atom stereocenters. The van der Waals surface area contributed by atoms with E-state index in [1.54, 1.807) is 6.92 Å². The van der Waals surface area contributed by atoms with Gasteiger partial charge in [0.05, 0.1) is 0 Å². The van der Waals surface area contributed by atoms with Crippen LogP contribution < -0.4 is 16.4 Å². The highest BCUT2D eigenvalue weighted by Gasteiger charge is 2.29. The number of nitrogens with one attached hydrogen (secondary N) is 2. The molecule has 1 fully saturated rings. The first-order valence-corrected chi connectivity index (χ1v) is 6.34. The fourth-order valence-electron chi connectivity index (χ4n) is 1.85. The summed E-state index contributed by atoms with van der Waals surface area (Å²) in [6.45, 7) is 1.73. The van der Waals surface area contributed by atoms with Gasteiger partial charge in [0.2, 0.25) is 17.7 Å². The zero-order valence-electron chi connectivity index (χ0n) is 10.9. The molecule has 1 heterocycles. The number of amides is 3. The molecular formula is C12H19N3O4. The SMILES string of the molecule is CCC(=O)CC[C@H](NC(=O)[C@@H]1CCC(=O)N1)C(N)=O. The molecule has 0 bridgehead atoms. The van der Waals surface area contributed by atoms with E-state index in [1.807, 2.05) is 0 Å². The highest BCUT2D eigenvalue weighted by atomic mass is 16.2. The first-order valence-electron chi connectivity index (χ1n) is 6.34. The van der Waals surface area contributed by atoms with E-state index in [2.05, 4.69) is 10.6 Å². The Balaban J connectivity index is 2.48. The molecule has 7 heteroatoms. The van der Waals surface area contributed by atoms with Crippen LogP contribution in [0.5, 0.6) is 0 Å². The fourth-order valence-corrected chi connectivity index (χ4v) is 1.85. The Bertz CT molecular complexity index is 394. The van der Waals surface area contributed by atoms with E-state index < -0.39 is 23.9 Å². The van der Waals surface area contributed by atoms with Gasteiger partial charge in [-0.3, -0.25) is 19.2 Å². The number of hydrogen-bond acceptors (Lipinski definition) is 4. The van der Waals surface area contributed by atoms with Crippen LogP contribution in [0, 0.1) is 0 Å². The van der Waals surface area contributed by atoms with Crippen LogP contribution in [0.2, 0.25) is 0 Å². The molecule has 1 aliphatic heterocycles. The van der Waals surface area contributed by atoms with E-state index in [9.17, 15) is 19.2 Å². The van der Waals surface area contributed by atoms with Gasteiger partial charge in [0.15, 0.2) is 0 Å². The first kappa shape index (κ1) is 15.1. The van der Waals surface area contributed by atoms with Gasteiger partial charge in [0.1, 0.15) is 17.9 Å². The minimum Gasteiger partial charge on any atom is -0.368 e. The fraction of sp³-hybridized carbons (Fsp3) is 0.667. The minimum absolute atomic E-state index is 0.00895. The number of ketones is 1. The van der Waals surface area contributed by atoms with Crippen molar-refractivity contribution in [3.8, 4) is 0 Å². The average molecular weight is 269 g/mol. The number of hydrogen-bond donors (Lipinski definition) is 3. The van der Waals surface area contributed by atoms with Crippen molar-refractivity contribution in [2.75, 3.05) is 0 Å². The highest BCUT2D eigenvalue weighted by Crippen LogP contribution is 2.08. The number of carbonyl (C=O) groups excluding carboxylic acids is 4. The third kappa shape index (κ3) is 4.69. The smallest absolute Gasteiger partial charge is 0.243 e. The van der Waals surface area contributed by atoms with Gasteiger partial charge >= 0.3 is 0 Å². The molecule has 0 radical (unpaired) electrons. The molecule has 3 amide bonds. The van der Waals surface area contributed by atoms with Gasteiger partial charge in [0, 0.05) is 19.3 Å². The summed E-state index contributed by atoms with van der Waals surface area (Å²) in [6.07, 6.45) is 1.48. The molecule has 7 nitrogen and oxygen atoms in total. The van der Waals surface area contributed by atoms with Crippen LogP contribution >= 0.6 is 0 Å². The highest BCUT2D eigenvalue weighted by molar-refractivity contribution is 5.93. The number of rotatable bonds is 7. The van der Waals surface area contributed by atoms with Crippen molar-refractivity contribution in [2.24, 2.45) is 5.73 Å². The summed E-state index contributed by atoms with van der Waals surface area (Å²) in [7, 11) is 0. The summed E-state index contributed by atoms with van der Waals surface area (Å²) in [5.41, 5.74) is 5.19. The maximum atomic E-state index is 11.8. The van der Waals surface area contributed by atoms with Crippen molar-refractivity contribution < 1.29 is 19.2 Å². The third-order valence-corrected chi connectivity index (χ3v) is 3.08. The summed E-state index contributed by atoms with van der Waals surface area (Å²) in [4.78, 5) is 45.2. The number of carbonyl (C=O) groups is 4. The van der Waals surface area contributed by atoms with Gasteiger partial charge in [-0.2, -0.15) is 0 Å². The standard InChI is InChI=1S/C12H19N3O4/c1-2-7(16)3-4-8(11(13)18)15-12(19)9-5-6-10(17)14-9/h8-9H,2-6H2,1H3,(H2,13,18)(H,14,17)(H,15,19)/t8-,9-/m0/s1. The maximum absolute atomic E-state index is 11.8. The van der Waals surface area contributed by atoms with E-state index in [-0.39, 0.29) is 24.5 Å². The molecule has 106 valence electrons. The second kappa shape index (κ2) is 6.86. The van der Waals surface area contributed by atoms with E-state index in [4.69, 9.17) is 5.73 Å². The monoisotopic (exact) mass is 269 g/mol. The van der Waals surface area contributed by atoms with Gasteiger partial charge in [-0.1, -0.05) is 6.92 Å². The lowest BCUT2D eigenvalue weighted by atomic mass is 10.1. The average Bonchev–Trinajstić information content (AvgIpc) is 2.80. The van der Waals surface area contributed by atoms with E-state index >= 15 is 0 Å². The third-order valence-electron chi connectivity index (χ3n) is 3.08. The van der Waals surface area contributed by atoms with Gasteiger partial charge in [-0.25, -0.2) is 0 Å². The van der Waals surface area contributed by atoms with Gasteiger partial charge in [-0.05, 0) is 12.8 Å². The normalized spacial score (nSPS) is 19.6. The van der Waals surface area contributed by atoms with Gasteiger partial charge in [0.25, 0.3) is 0 Å². The molecule has 0 aromatic carbocycles. The molecule has 0 aliphatic carbocycles. The van der Waals surface area contributed by atoms with Crippen molar-refractivity contribution in [3.05, 3.63) is 0 Å². The van der Waals surface area contributed by atoms with Crippen LogP contribution in [0.1, 0.15) is 39.0 Å². The van der Waals surface area contributed by atoms with Crippen LogP contribution in [0.15, 0.2) is 0 Å². The molecule has 1 saturated heterocycles. The summed E-state index contributed by atoms with van der Waals surface area (Å²) in [5, 5.41) is 4.98. The zero-order valence-corrected chi connectivity index (χ0v) is 10.9. The Labute approximate surface area is 111 Å². The Hall–Kier alpha value is -1.92. The van der Waals surface area contributed by atoms with Crippen molar-refractivity contribution in [2.45, 2.75) is 51.1 Å². The van der Waals surface area contributed by atoms with E-state index in [0.717, 1.165) is 0 Å². The summed E-state index contributed by atoms with van der Waals surface area (Å²) >= 11 is 0. The summed E-state index contributed by atoms with van der Waals surface area (Å²) < 4.78 is 0. The van der Waals surface area contributed by atoms with Crippen LogP contribution in [0.3, 0.4) is 0 Å². The van der Waals surface area contributed by atoms with Crippen molar-refractivity contribution >= 4 is 23.5 Å². The lowest BCUT2D eigenvalue weighted by Gasteiger charge is -2.17. The Morgan fingerprint density at radius 2 is 2.16 bits per heavy atom. The van der Waals surface area contributed by atoms with Crippen LogP contribution in [-0.4, -0.2) is 35.6 Å². The first-order chi connectivity index (χ1) is 8.93. The number of primary amides is 1. The van der Waals surface area contributed by atoms with Crippen molar-refractivity contribution in [3.63, 3.8) is 0 Å². The van der Waals surface area contributed by atoms with Crippen LogP contribution in [-0.2, 0) is 19.2 Å². The van der Waals surface area contributed by atoms with Crippen molar-refractivity contribution in [1.29, 1.82) is 0 Å². The lowest BCUT2D eigenvalue weighted by Crippen LogP contribution is -2.50. The van der Waals surface area contributed by atoms with Crippen LogP contribution in [0.4, 0.5) is 0 Å². The molecule has 1 rings (SSSR count). The largest absolute Gasteiger partial charge is 0.368 e. The lowest BCUT2D eigenvalue weighted by molar-refractivity contribution is -0.129. The zero-order chi connectivity index (χ0) is 14.4. The second-order valence-electron chi connectivity index (χ2n) is 4.55. The van der Waals surface area contributed by atoms with E-state index in [0.29, 0.717) is 19.3 Å². The minimum atomic E-state index is -0.875. The van der Waals surface area contributed by atoms with Crippen LogP contribution in [0.25, 0.3) is 0 Å². The topological polar surface area (TPSA) is 118 Å². The molecule has 4 N–H and O–H groups in total. The Morgan fingerprint density at radius 1 is 1.47 bits per heavy atom. The number of nitrogens with two attached hydrogens (primary N) is 1. The predicted octanol–water partition coefficient (Wildman–Crippen LogP) is -1.01. The second-order valence-corrected chi connectivity index (χ2v) is 4.55. The van der Waals surface area contributed by atoms with Gasteiger partial charge in [-0.15, -0.1) is 0 Å². The van der Waals surface area contributed by atoms with Crippen molar-refractivity contribution in [1.82, 2.24) is 10.6 Å². The molecule has 0 spiro atoms. The van der Waals surface area contributed by atoms with E-state index in [1.165, 1.54) is 0 Å². The quantitative estimate of drug-likeness (QED) is 0.549. The maximum Gasteiger partial charge on any atom is 0.243 e. The van der Waals surface area contributed by atoms with Gasteiger partial charge < -0.3 is 16.4 Å². The number of Topliss-reactive ketones (excluding diaryl/α,β-unsaturated/α-hetero) is 1. The molecule has 0 saturated carbocycles. The predicted molar refractivity (Wildman–Crippen MR) is 66.8 cm³/mol. The Kier molecular flexibility index (Phi) is 5.47. The Morgan fingerprint density at radius 3 is 2.63 bits per heavy atom. The summed E-state index contributed by atoms with van der Waals surface area (Å²) in [6, 6.07) is -1.49. The molecule has 0 unspecified atom stereocenters. The molecule has 1 aliphatic rings. The molecular weight excluding hydrogens is 250 g/mol. The summed E-state index contributed by atoms with van der Waals surface area (Å²) in [5.74, 6) is -1.29.